The predicted octanol–water partition coefficient (Wildman–Crippen LogP) is 3.82. The van der Waals surface area contributed by atoms with E-state index in [1.165, 1.54) is 0 Å². The number of hydrogen-bond donors (Lipinski definition) is 1. The van der Waals surface area contributed by atoms with Crippen LogP contribution in [0, 0.1) is 0 Å². The molecule has 0 saturated carbocycles. The van der Waals surface area contributed by atoms with E-state index < -0.39 is 0 Å². The molecule has 0 amide bonds. The smallest absolute Gasteiger partial charge is 0.152 e. The standard InChI is InChI=1S/C14H10N4OS2/c1-19-9-6-17-12(11-8(9)2-3-15-11)10-7-18-14(21-10)13-16-4-5-20-13/h2-7,15H,1H3. The monoisotopic (exact) mass is 314 g/mol. The Hall–Kier alpha value is -2.25. The summed E-state index contributed by atoms with van der Waals surface area (Å²) in [4.78, 5) is 17.5. The lowest BCUT2D eigenvalue weighted by Crippen LogP contribution is -1.88. The first-order valence-electron chi connectivity index (χ1n) is 6.23. The lowest BCUT2D eigenvalue weighted by Gasteiger charge is -2.04. The molecule has 0 aromatic carbocycles. The second-order valence-electron chi connectivity index (χ2n) is 4.31. The first kappa shape index (κ1) is 12.5. The number of pyridine rings is 1. The van der Waals surface area contributed by atoms with Crippen molar-refractivity contribution in [3.63, 3.8) is 0 Å². The third-order valence-corrected chi connectivity index (χ3v) is 5.05. The average Bonchev–Trinajstić information content (AvgIpc) is 3.24. The summed E-state index contributed by atoms with van der Waals surface area (Å²) >= 11 is 3.17. The Kier molecular flexibility index (Phi) is 2.94. The van der Waals surface area contributed by atoms with Crippen molar-refractivity contribution in [3.05, 3.63) is 36.2 Å². The molecule has 4 aromatic heterocycles. The van der Waals surface area contributed by atoms with E-state index in [-0.39, 0.29) is 0 Å². The number of thiazole rings is 2. The van der Waals surface area contributed by atoms with E-state index in [1.807, 2.05) is 23.8 Å². The Balaban J connectivity index is 1.86. The average molecular weight is 314 g/mol. The first-order valence-corrected chi connectivity index (χ1v) is 7.92. The Bertz CT molecular complexity index is 895. The van der Waals surface area contributed by atoms with Gasteiger partial charge in [0.25, 0.3) is 0 Å². The zero-order chi connectivity index (χ0) is 14.2. The number of methoxy groups -OCH3 is 1. The zero-order valence-corrected chi connectivity index (χ0v) is 12.7. The van der Waals surface area contributed by atoms with Crippen molar-refractivity contribution in [1.29, 1.82) is 0 Å². The first-order chi connectivity index (χ1) is 10.4. The van der Waals surface area contributed by atoms with Crippen LogP contribution >= 0.6 is 22.7 Å². The van der Waals surface area contributed by atoms with E-state index in [0.717, 1.165) is 37.2 Å². The van der Waals surface area contributed by atoms with Crippen molar-refractivity contribution in [1.82, 2.24) is 19.9 Å². The molecule has 4 aromatic rings. The summed E-state index contributed by atoms with van der Waals surface area (Å²) in [7, 11) is 1.65. The fraction of sp³-hybridized carbons (Fsp3) is 0.0714. The highest BCUT2D eigenvalue weighted by Crippen LogP contribution is 2.36. The Labute approximate surface area is 128 Å². The fourth-order valence-electron chi connectivity index (χ4n) is 2.19. The topological polar surface area (TPSA) is 63.7 Å². The van der Waals surface area contributed by atoms with E-state index in [0.29, 0.717) is 0 Å². The van der Waals surface area contributed by atoms with Gasteiger partial charge in [0.1, 0.15) is 11.4 Å². The molecule has 0 aliphatic carbocycles. The molecule has 4 rings (SSSR count). The number of nitrogens with zero attached hydrogens (tertiary/aromatic N) is 3. The SMILES string of the molecule is COc1cnc(-c2cnc(-c3nccs3)s2)c2[nH]ccc12. The number of aromatic amines is 1. The maximum atomic E-state index is 5.34. The molecule has 0 spiro atoms. The molecule has 0 aliphatic rings. The number of nitrogens with one attached hydrogen (secondary N) is 1. The van der Waals surface area contributed by atoms with E-state index in [9.17, 15) is 0 Å². The van der Waals surface area contributed by atoms with Gasteiger partial charge in [0, 0.05) is 29.4 Å². The molecule has 1 N–H and O–H groups in total. The van der Waals surface area contributed by atoms with Crippen LogP contribution in [0.3, 0.4) is 0 Å². The van der Waals surface area contributed by atoms with E-state index in [1.54, 1.807) is 42.2 Å². The molecule has 21 heavy (non-hydrogen) atoms. The highest BCUT2D eigenvalue weighted by Gasteiger charge is 2.14. The van der Waals surface area contributed by atoms with Gasteiger partial charge in [-0.15, -0.1) is 22.7 Å². The minimum Gasteiger partial charge on any atom is -0.494 e. The lowest BCUT2D eigenvalue weighted by atomic mass is 10.2. The van der Waals surface area contributed by atoms with Gasteiger partial charge >= 0.3 is 0 Å². The van der Waals surface area contributed by atoms with Crippen molar-refractivity contribution < 1.29 is 4.74 Å². The van der Waals surface area contributed by atoms with Crippen molar-refractivity contribution in [2.45, 2.75) is 0 Å². The molecular weight excluding hydrogens is 304 g/mol. The van der Waals surface area contributed by atoms with Gasteiger partial charge in [-0.05, 0) is 6.07 Å². The van der Waals surface area contributed by atoms with Crippen LogP contribution in [0.25, 0.3) is 31.5 Å². The van der Waals surface area contributed by atoms with Crippen LogP contribution in [0.1, 0.15) is 0 Å². The fourth-order valence-corrected chi connectivity index (χ4v) is 3.79. The van der Waals surface area contributed by atoms with Gasteiger partial charge in [0.2, 0.25) is 0 Å². The van der Waals surface area contributed by atoms with E-state index in [4.69, 9.17) is 4.74 Å². The summed E-state index contributed by atoms with van der Waals surface area (Å²) in [6.45, 7) is 0. The van der Waals surface area contributed by atoms with Gasteiger partial charge in [-0.2, -0.15) is 0 Å². The third-order valence-electron chi connectivity index (χ3n) is 3.13. The second-order valence-corrected chi connectivity index (χ2v) is 6.23. The molecule has 0 aliphatic heterocycles. The van der Waals surface area contributed by atoms with Gasteiger partial charge in [-0.1, -0.05) is 0 Å². The largest absolute Gasteiger partial charge is 0.494 e. The molecule has 5 nitrogen and oxygen atoms in total. The summed E-state index contributed by atoms with van der Waals surface area (Å²) in [6.07, 6.45) is 7.27. The maximum absolute atomic E-state index is 5.34. The second kappa shape index (κ2) is 4.94. The number of aromatic nitrogens is 4. The molecule has 104 valence electrons. The lowest BCUT2D eigenvalue weighted by molar-refractivity contribution is 0.418. The highest BCUT2D eigenvalue weighted by molar-refractivity contribution is 7.22. The third kappa shape index (κ3) is 2.01. The van der Waals surface area contributed by atoms with Gasteiger partial charge in [-0.25, -0.2) is 15.0 Å². The molecule has 0 radical (unpaired) electrons. The molecule has 7 heteroatoms. The number of ether oxygens (including phenoxy) is 1. The molecule has 0 fully saturated rings. The normalized spacial score (nSPS) is 11.1. The van der Waals surface area contributed by atoms with Crippen molar-refractivity contribution in [2.24, 2.45) is 0 Å². The summed E-state index contributed by atoms with van der Waals surface area (Å²) in [5.41, 5.74) is 1.85. The summed E-state index contributed by atoms with van der Waals surface area (Å²) < 4.78 is 5.34. The Morgan fingerprint density at radius 3 is 2.90 bits per heavy atom. The van der Waals surface area contributed by atoms with Crippen LogP contribution in [0.5, 0.6) is 5.75 Å². The highest BCUT2D eigenvalue weighted by atomic mass is 32.1. The Morgan fingerprint density at radius 1 is 1.14 bits per heavy atom. The molecule has 0 bridgehead atoms. The summed E-state index contributed by atoms with van der Waals surface area (Å²) in [6, 6.07) is 1.99. The summed E-state index contributed by atoms with van der Waals surface area (Å²) in [5.74, 6) is 0.764. The van der Waals surface area contributed by atoms with Crippen LogP contribution < -0.4 is 4.74 Å². The quantitative estimate of drug-likeness (QED) is 0.624. The van der Waals surface area contributed by atoms with E-state index in [2.05, 4.69) is 19.9 Å². The summed E-state index contributed by atoms with van der Waals surface area (Å²) in [5, 5.41) is 4.82. The van der Waals surface area contributed by atoms with Crippen molar-refractivity contribution >= 4 is 33.6 Å². The molecule has 0 saturated heterocycles. The zero-order valence-electron chi connectivity index (χ0n) is 11.0. The molecule has 0 atom stereocenters. The molecular formula is C14H10N4OS2. The molecule has 0 unspecified atom stereocenters. The number of rotatable bonds is 3. The van der Waals surface area contributed by atoms with Crippen LogP contribution in [0.4, 0.5) is 0 Å². The minimum atomic E-state index is 0.764. The van der Waals surface area contributed by atoms with Crippen molar-refractivity contribution in [2.75, 3.05) is 7.11 Å². The molecule has 4 heterocycles. The minimum absolute atomic E-state index is 0.764. The van der Waals surface area contributed by atoms with Gasteiger partial charge in [0.15, 0.2) is 10.0 Å². The van der Waals surface area contributed by atoms with Crippen LogP contribution in [-0.2, 0) is 0 Å². The van der Waals surface area contributed by atoms with Crippen LogP contribution in [0.2, 0.25) is 0 Å². The predicted molar refractivity (Wildman–Crippen MR) is 84.9 cm³/mol. The van der Waals surface area contributed by atoms with Gasteiger partial charge in [-0.3, -0.25) is 0 Å². The maximum Gasteiger partial charge on any atom is 0.152 e. The van der Waals surface area contributed by atoms with Gasteiger partial charge in [0.05, 0.1) is 23.7 Å². The number of hydrogen-bond acceptors (Lipinski definition) is 6. The van der Waals surface area contributed by atoms with E-state index >= 15 is 0 Å². The van der Waals surface area contributed by atoms with Crippen molar-refractivity contribution in [3.8, 4) is 26.3 Å². The van der Waals surface area contributed by atoms with Gasteiger partial charge < -0.3 is 9.72 Å². The van der Waals surface area contributed by atoms with Crippen LogP contribution in [0.15, 0.2) is 36.2 Å². The Morgan fingerprint density at radius 2 is 2.10 bits per heavy atom. The van der Waals surface area contributed by atoms with Crippen LogP contribution in [-0.4, -0.2) is 27.0 Å². The number of H-pyrrole nitrogens is 1. The number of fused-ring (bicyclic) bond motifs is 1.